The molecule has 2 aliphatic carbocycles. The number of hydrogen-bond acceptors (Lipinski definition) is 5. The quantitative estimate of drug-likeness (QED) is 0.325. The maximum atomic E-state index is 12.6. The minimum Gasteiger partial charge on any atom is -0.355 e. The molecule has 0 unspecified atom stereocenters. The van der Waals surface area contributed by atoms with Crippen molar-refractivity contribution in [1.82, 2.24) is 15.3 Å². The lowest BCUT2D eigenvalue weighted by Crippen LogP contribution is -2.27. The standard InChI is InChI=1S/C27H33N3OS2/c1-27(2,3)19-11-12-20-21(15-19)33-26-23(20)25(29-24(30-26)18-9-10-18)32-16-22(31)28-14-13-17-7-5-4-6-8-17/h4-8,18-19H,9-16H2,1-3H3,(H,28,31)/t19-/m0/s1. The summed E-state index contributed by atoms with van der Waals surface area (Å²) in [4.78, 5) is 25.2. The van der Waals surface area contributed by atoms with Crippen LogP contribution >= 0.6 is 23.1 Å². The number of carbonyl (C=O) groups is 1. The third-order valence-corrected chi connectivity index (χ3v) is 9.10. The summed E-state index contributed by atoms with van der Waals surface area (Å²) in [6.45, 7) is 7.74. The predicted octanol–water partition coefficient (Wildman–Crippen LogP) is 6.17. The van der Waals surface area contributed by atoms with E-state index in [-0.39, 0.29) is 5.91 Å². The molecule has 1 atom stereocenters. The van der Waals surface area contributed by atoms with Crippen LogP contribution < -0.4 is 5.32 Å². The van der Waals surface area contributed by atoms with Gasteiger partial charge in [0, 0.05) is 22.7 Å². The average Bonchev–Trinajstić information content (AvgIpc) is 3.57. The summed E-state index contributed by atoms with van der Waals surface area (Å²) in [5, 5.41) is 5.33. The van der Waals surface area contributed by atoms with Gasteiger partial charge in [0.15, 0.2) is 0 Å². The van der Waals surface area contributed by atoms with Gasteiger partial charge in [0.25, 0.3) is 0 Å². The number of aryl methyl sites for hydroxylation is 1. The van der Waals surface area contributed by atoms with Gasteiger partial charge in [0.2, 0.25) is 5.91 Å². The van der Waals surface area contributed by atoms with Crippen LogP contribution in [0.25, 0.3) is 10.2 Å². The molecule has 0 aliphatic heterocycles. The van der Waals surface area contributed by atoms with Crippen LogP contribution in [0.4, 0.5) is 0 Å². The molecule has 2 aromatic heterocycles. The maximum Gasteiger partial charge on any atom is 0.230 e. The van der Waals surface area contributed by atoms with E-state index >= 15 is 0 Å². The first-order valence-corrected chi connectivity index (χ1v) is 13.9. The van der Waals surface area contributed by atoms with Gasteiger partial charge in [-0.25, -0.2) is 9.97 Å². The molecule has 2 aliphatic rings. The molecule has 6 heteroatoms. The van der Waals surface area contributed by atoms with Gasteiger partial charge in [-0.1, -0.05) is 62.9 Å². The fourth-order valence-electron chi connectivity index (χ4n) is 4.70. The van der Waals surface area contributed by atoms with E-state index in [9.17, 15) is 4.79 Å². The van der Waals surface area contributed by atoms with Crippen LogP contribution in [0, 0.1) is 11.3 Å². The van der Waals surface area contributed by atoms with Gasteiger partial charge in [-0.05, 0) is 61.0 Å². The van der Waals surface area contributed by atoms with Crippen LogP contribution in [0.2, 0.25) is 0 Å². The second kappa shape index (κ2) is 9.38. The summed E-state index contributed by atoms with van der Waals surface area (Å²) in [6.07, 6.45) is 6.69. The number of aromatic nitrogens is 2. The Morgan fingerprint density at radius 1 is 1.15 bits per heavy atom. The second-order valence-corrected chi connectivity index (χ2v) is 12.6. The monoisotopic (exact) mass is 479 g/mol. The van der Waals surface area contributed by atoms with Crippen molar-refractivity contribution < 1.29 is 4.79 Å². The van der Waals surface area contributed by atoms with Gasteiger partial charge in [0.05, 0.1) is 5.75 Å². The highest BCUT2D eigenvalue weighted by Crippen LogP contribution is 2.46. The number of nitrogens with one attached hydrogen (secondary N) is 1. The zero-order valence-electron chi connectivity index (χ0n) is 19.8. The summed E-state index contributed by atoms with van der Waals surface area (Å²) in [7, 11) is 0. The van der Waals surface area contributed by atoms with Crippen LogP contribution in [0.15, 0.2) is 35.4 Å². The summed E-state index contributed by atoms with van der Waals surface area (Å²) >= 11 is 3.46. The Labute approximate surface area is 205 Å². The van der Waals surface area contributed by atoms with Gasteiger partial charge in [-0.2, -0.15) is 0 Å². The highest BCUT2D eigenvalue weighted by molar-refractivity contribution is 8.00. The van der Waals surface area contributed by atoms with Gasteiger partial charge < -0.3 is 5.32 Å². The molecule has 174 valence electrons. The van der Waals surface area contributed by atoms with Crippen LogP contribution in [0.1, 0.15) is 67.8 Å². The van der Waals surface area contributed by atoms with Gasteiger partial charge in [-0.3, -0.25) is 4.79 Å². The number of nitrogens with zero attached hydrogens (tertiary/aromatic N) is 2. The van der Waals surface area contributed by atoms with Crippen molar-refractivity contribution in [2.45, 2.75) is 70.2 Å². The van der Waals surface area contributed by atoms with E-state index in [0.29, 0.717) is 29.5 Å². The third kappa shape index (κ3) is 5.27. The molecule has 1 aromatic carbocycles. The number of fused-ring (bicyclic) bond motifs is 3. The molecule has 1 fully saturated rings. The molecule has 1 saturated carbocycles. The Morgan fingerprint density at radius 2 is 1.94 bits per heavy atom. The Morgan fingerprint density at radius 3 is 2.67 bits per heavy atom. The second-order valence-electron chi connectivity index (χ2n) is 10.5. The first kappa shape index (κ1) is 22.9. The minimum absolute atomic E-state index is 0.0764. The summed E-state index contributed by atoms with van der Waals surface area (Å²) in [6, 6.07) is 10.3. The van der Waals surface area contributed by atoms with Crippen molar-refractivity contribution in [1.29, 1.82) is 0 Å². The molecule has 4 nitrogen and oxygen atoms in total. The minimum atomic E-state index is 0.0764. The highest BCUT2D eigenvalue weighted by atomic mass is 32.2. The molecular weight excluding hydrogens is 446 g/mol. The SMILES string of the molecule is CC(C)(C)[C@H]1CCc2c(sc3nc(C4CC4)nc(SCC(=O)NCCc4ccccc4)c23)C1. The third-order valence-electron chi connectivity index (χ3n) is 6.98. The molecule has 0 saturated heterocycles. The zero-order chi connectivity index (χ0) is 23.0. The van der Waals surface area contributed by atoms with Crippen LogP contribution in [0.5, 0.6) is 0 Å². The van der Waals surface area contributed by atoms with Crippen LogP contribution in [-0.4, -0.2) is 28.2 Å². The lowest BCUT2D eigenvalue weighted by Gasteiger charge is -2.33. The molecule has 1 amide bonds. The fraction of sp³-hybridized carbons (Fsp3) is 0.519. The van der Waals surface area contributed by atoms with Gasteiger partial charge >= 0.3 is 0 Å². The molecule has 5 rings (SSSR count). The van der Waals surface area contributed by atoms with Crippen molar-refractivity contribution >= 4 is 39.2 Å². The smallest absolute Gasteiger partial charge is 0.230 e. The summed E-state index contributed by atoms with van der Waals surface area (Å²) in [5.41, 5.74) is 3.02. The topological polar surface area (TPSA) is 54.9 Å². The van der Waals surface area contributed by atoms with Crippen LogP contribution in [0.3, 0.4) is 0 Å². The Kier molecular flexibility index (Phi) is 6.49. The largest absolute Gasteiger partial charge is 0.355 e. The van der Waals surface area contributed by atoms with Crippen molar-refractivity contribution in [3.63, 3.8) is 0 Å². The lowest BCUT2D eigenvalue weighted by atomic mass is 9.72. The van der Waals surface area contributed by atoms with E-state index in [0.717, 1.165) is 34.9 Å². The first-order valence-electron chi connectivity index (χ1n) is 12.1. The van der Waals surface area contributed by atoms with E-state index in [1.165, 1.54) is 40.7 Å². The molecule has 0 bridgehead atoms. The molecule has 2 heterocycles. The molecule has 1 N–H and O–H groups in total. The van der Waals surface area contributed by atoms with Crippen molar-refractivity contribution in [3.8, 4) is 0 Å². The van der Waals surface area contributed by atoms with Gasteiger partial charge in [0.1, 0.15) is 15.7 Å². The number of thiophene rings is 1. The number of thioether (sulfide) groups is 1. The first-order chi connectivity index (χ1) is 15.9. The van der Waals surface area contributed by atoms with Crippen LogP contribution in [-0.2, 0) is 24.1 Å². The van der Waals surface area contributed by atoms with E-state index in [2.05, 4.69) is 38.2 Å². The van der Waals surface area contributed by atoms with E-state index in [1.54, 1.807) is 11.8 Å². The van der Waals surface area contributed by atoms with Crippen molar-refractivity contribution in [2.24, 2.45) is 11.3 Å². The lowest BCUT2D eigenvalue weighted by molar-refractivity contribution is -0.118. The number of benzene rings is 1. The molecular formula is C27H33N3OS2. The normalized spacial score (nSPS) is 18.3. The van der Waals surface area contributed by atoms with Crippen molar-refractivity contribution in [2.75, 3.05) is 12.3 Å². The number of amides is 1. The number of rotatable bonds is 7. The molecule has 0 radical (unpaired) electrons. The average molecular weight is 480 g/mol. The fourth-order valence-corrected chi connectivity index (χ4v) is 6.97. The number of carbonyl (C=O) groups excluding carboxylic acids is 1. The Balaban J connectivity index is 1.31. The number of hydrogen-bond donors (Lipinski definition) is 1. The van der Waals surface area contributed by atoms with Gasteiger partial charge in [-0.15, -0.1) is 11.3 Å². The highest BCUT2D eigenvalue weighted by Gasteiger charge is 2.33. The van der Waals surface area contributed by atoms with E-state index < -0.39 is 0 Å². The summed E-state index contributed by atoms with van der Waals surface area (Å²) in [5.74, 6) is 2.68. The Hall–Kier alpha value is -1.92. The van der Waals surface area contributed by atoms with E-state index in [1.807, 2.05) is 29.5 Å². The molecule has 3 aromatic rings. The summed E-state index contributed by atoms with van der Waals surface area (Å²) < 4.78 is 0. The molecule has 0 spiro atoms. The van der Waals surface area contributed by atoms with Crippen molar-refractivity contribution in [3.05, 3.63) is 52.2 Å². The predicted molar refractivity (Wildman–Crippen MR) is 138 cm³/mol. The zero-order valence-corrected chi connectivity index (χ0v) is 21.5. The maximum absolute atomic E-state index is 12.6. The Bertz CT molecular complexity index is 1150. The van der Waals surface area contributed by atoms with E-state index in [4.69, 9.17) is 9.97 Å². The molecule has 33 heavy (non-hydrogen) atoms.